The second kappa shape index (κ2) is 11.3. The minimum atomic E-state index is -0.0231. The highest BCUT2D eigenvalue weighted by atomic mass is 35.5. The number of aliphatic hydroxyl groups excluding tert-OH is 1. The molecule has 0 aromatic carbocycles. The first-order chi connectivity index (χ1) is 3.31. The molecule has 0 aliphatic carbocycles. The molecule has 60 valence electrons. The highest BCUT2D eigenvalue weighted by Gasteiger charge is 1.93. The predicted molar refractivity (Wildman–Crippen MR) is 43.2 cm³/mol. The number of hydrogen-bond donors (Lipinski definition) is 3. The number of rotatable bonds is 3. The van der Waals surface area contributed by atoms with Crippen LogP contribution in [0.15, 0.2) is 0 Å². The van der Waals surface area contributed by atoms with Crippen molar-refractivity contribution in [2.75, 3.05) is 13.2 Å². The van der Waals surface area contributed by atoms with E-state index < -0.39 is 0 Å². The first kappa shape index (κ1) is 16.2. The van der Waals surface area contributed by atoms with Crippen LogP contribution in [0.5, 0.6) is 0 Å². The van der Waals surface area contributed by atoms with E-state index in [4.69, 9.17) is 16.6 Å². The molecule has 9 heavy (non-hydrogen) atoms. The lowest BCUT2D eigenvalue weighted by molar-refractivity contribution is 0.277. The van der Waals surface area contributed by atoms with Crippen molar-refractivity contribution >= 4 is 24.8 Å². The average Bonchev–Trinajstić information content (AvgIpc) is 1.68. The van der Waals surface area contributed by atoms with E-state index in [0.29, 0.717) is 13.0 Å². The third kappa shape index (κ3) is 11.8. The molecule has 0 fully saturated rings. The third-order valence-electron chi connectivity index (χ3n) is 0.803. The molecule has 0 saturated heterocycles. The Labute approximate surface area is 67.6 Å². The van der Waals surface area contributed by atoms with Crippen molar-refractivity contribution in [1.29, 1.82) is 0 Å². The van der Waals surface area contributed by atoms with E-state index in [9.17, 15) is 0 Å². The first-order valence-electron chi connectivity index (χ1n) is 2.37. The molecule has 5 heteroatoms. The van der Waals surface area contributed by atoms with E-state index in [0.717, 1.165) is 0 Å². The number of halogens is 2. The van der Waals surface area contributed by atoms with Gasteiger partial charge in [0.25, 0.3) is 0 Å². The molecule has 0 amide bonds. The van der Waals surface area contributed by atoms with Crippen LogP contribution in [0.3, 0.4) is 0 Å². The van der Waals surface area contributed by atoms with E-state index in [1.165, 1.54) is 0 Å². The SMILES string of the molecule is Cl.Cl.NCC(N)CCO. The molecule has 0 aromatic heterocycles. The molecule has 0 spiro atoms. The molecule has 5 N–H and O–H groups in total. The maximum Gasteiger partial charge on any atom is 0.0446 e. The van der Waals surface area contributed by atoms with Gasteiger partial charge >= 0.3 is 0 Å². The van der Waals surface area contributed by atoms with E-state index >= 15 is 0 Å². The smallest absolute Gasteiger partial charge is 0.0446 e. The number of nitrogens with two attached hydrogens (primary N) is 2. The molecule has 1 atom stereocenters. The summed E-state index contributed by atoms with van der Waals surface area (Å²) >= 11 is 0. The lowest BCUT2D eigenvalue weighted by Crippen LogP contribution is -2.30. The molecule has 0 bridgehead atoms. The zero-order chi connectivity index (χ0) is 5.70. The van der Waals surface area contributed by atoms with E-state index in [1.54, 1.807) is 0 Å². The zero-order valence-electron chi connectivity index (χ0n) is 5.12. The van der Waals surface area contributed by atoms with Gasteiger partial charge in [-0.05, 0) is 6.42 Å². The topological polar surface area (TPSA) is 72.3 Å². The van der Waals surface area contributed by atoms with Gasteiger partial charge in [0.15, 0.2) is 0 Å². The summed E-state index contributed by atoms with van der Waals surface area (Å²) in [6.07, 6.45) is 0.608. The van der Waals surface area contributed by atoms with Crippen molar-refractivity contribution in [3.8, 4) is 0 Å². The Kier molecular flexibility index (Phi) is 20.3. The van der Waals surface area contributed by atoms with Crippen molar-refractivity contribution < 1.29 is 5.11 Å². The molecule has 0 radical (unpaired) electrons. The Hall–Kier alpha value is 0.460. The number of aliphatic hydroxyl groups is 1. The van der Waals surface area contributed by atoms with Crippen LogP contribution >= 0.6 is 24.8 Å². The summed E-state index contributed by atoms with van der Waals surface area (Å²) in [6, 6.07) is -0.0231. The molecule has 0 rings (SSSR count). The van der Waals surface area contributed by atoms with Crippen LogP contribution in [-0.2, 0) is 0 Å². The maximum absolute atomic E-state index is 8.23. The van der Waals surface area contributed by atoms with Gasteiger partial charge in [0.1, 0.15) is 0 Å². The Balaban J connectivity index is -0.000000180. The summed E-state index contributed by atoms with van der Waals surface area (Å²) in [6.45, 7) is 0.596. The van der Waals surface area contributed by atoms with E-state index in [-0.39, 0.29) is 37.5 Å². The van der Waals surface area contributed by atoms with Crippen LogP contribution < -0.4 is 11.5 Å². The molecule has 1 unspecified atom stereocenters. The average molecular weight is 177 g/mol. The van der Waals surface area contributed by atoms with Gasteiger partial charge in [-0.25, -0.2) is 0 Å². The van der Waals surface area contributed by atoms with Gasteiger partial charge in [0, 0.05) is 19.2 Å². The quantitative estimate of drug-likeness (QED) is 0.544. The Morgan fingerprint density at radius 2 is 1.78 bits per heavy atom. The van der Waals surface area contributed by atoms with Crippen molar-refractivity contribution in [2.24, 2.45) is 11.5 Å². The van der Waals surface area contributed by atoms with Gasteiger partial charge in [-0.15, -0.1) is 24.8 Å². The normalized spacial score (nSPS) is 11.0. The Bertz CT molecular complexity index is 47.5. The molecule has 0 saturated carbocycles. The van der Waals surface area contributed by atoms with Crippen LogP contribution in [-0.4, -0.2) is 24.3 Å². The van der Waals surface area contributed by atoms with E-state index in [2.05, 4.69) is 0 Å². The van der Waals surface area contributed by atoms with Gasteiger partial charge in [0.2, 0.25) is 0 Å². The van der Waals surface area contributed by atoms with Gasteiger partial charge in [-0.2, -0.15) is 0 Å². The highest BCUT2D eigenvalue weighted by Crippen LogP contribution is 1.79. The van der Waals surface area contributed by atoms with Crippen LogP contribution in [0.1, 0.15) is 6.42 Å². The molecular weight excluding hydrogens is 163 g/mol. The fourth-order valence-electron chi connectivity index (χ4n) is 0.284. The van der Waals surface area contributed by atoms with Gasteiger partial charge in [0.05, 0.1) is 0 Å². The minimum Gasteiger partial charge on any atom is -0.396 e. The van der Waals surface area contributed by atoms with Crippen LogP contribution in [0.4, 0.5) is 0 Å². The van der Waals surface area contributed by atoms with Crippen molar-refractivity contribution in [2.45, 2.75) is 12.5 Å². The number of hydrogen-bond acceptors (Lipinski definition) is 3. The van der Waals surface area contributed by atoms with Crippen molar-refractivity contribution in [3.05, 3.63) is 0 Å². The second-order valence-corrected chi connectivity index (χ2v) is 1.51. The summed E-state index contributed by atoms with van der Waals surface area (Å²) in [5.41, 5.74) is 10.4. The lowest BCUT2D eigenvalue weighted by atomic mass is 10.2. The summed E-state index contributed by atoms with van der Waals surface area (Å²) in [5, 5.41) is 8.23. The molecule has 3 nitrogen and oxygen atoms in total. The van der Waals surface area contributed by atoms with Crippen LogP contribution in [0.2, 0.25) is 0 Å². The largest absolute Gasteiger partial charge is 0.396 e. The standard InChI is InChI=1S/C4H12N2O.2ClH/c5-3-4(6)1-2-7;;/h4,7H,1-3,5-6H2;2*1H. The fraction of sp³-hybridized carbons (Fsp3) is 1.00. The summed E-state index contributed by atoms with van der Waals surface area (Å²) in [7, 11) is 0. The first-order valence-corrected chi connectivity index (χ1v) is 2.37. The van der Waals surface area contributed by atoms with Crippen molar-refractivity contribution in [1.82, 2.24) is 0 Å². The Morgan fingerprint density at radius 3 is 1.89 bits per heavy atom. The van der Waals surface area contributed by atoms with Crippen molar-refractivity contribution in [3.63, 3.8) is 0 Å². The molecule has 0 heterocycles. The van der Waals surface area contributed by atoms with E-state index in [1.807, 2.05) is 0 Å². The summed E-state index contributed by atoms with van der Waals surface area (Å²) < 4.78 is 0. The zero-order valence-corrected chi connectivity index (χ0v) is 6.75. The molecular formula is C4H14Cl2N2O. The highest BCUT2D eigenvalue weighted by molar-refractivity contribution is 5.85. The third-order valence-corrected chi connectivity index (χ3v) is 0.803. The fourth-order valence-corrected chi connectivity index (χ4v) is 0.284. The minimum absolute atomic E-state index is 0. The maximum atomic E-state index is 8.23. The van der Waals surface area contributed by atoms with Crippen LogP contribution in [0.25, 0.3) is 0 Å². The summed E-state index contributed by atoms with van der Waals surface area (Å²) in [5.74, 6) is 0. The summed E-state index contributed by atoms with van der Waals surface area (Å²) in [4.78, 5) is 0. The Morgan fingerprint density at radius 1 is 1.33 bits per heavy atom. The molecule has 0 aromatic rings. The second-order valence-electron chi connectivity index (χ2n) is 1.51. The van der Waals surface area contributed by atoms with Gasteiger partial charge < -0.3 is 16.6 Å². The molecule has 0 aliphatic heterocycles. The van der Waals surface area contributed by atoms with Crippen LogP contribution in [0, 0.1) is 0 Å². The monoisotopic (exact) mass is 176 g/mol. The van der Waals surface area contributed by atoms with Gasteiger partial charge in [-0.3, -0.25) is 0 Å². The lowest BCUT2D eigenvalue weighted by Gasteiger charge is -2.02. The molecule has 0 aliphatic rings. The van der Waals surface area contributed by atoms with Gasteiger partial charge in [-0.1, -0.05) is 0 Å². The predicted octanol–water partition coefficient (Wildman–Crippen LogP) is -0.502.